The number of rotatable bonds is 13. The molecule has 2 fully saturated rings. The summed E-state index contributed by atoms with van der Waals surface area (Å²) in [6.07, 6.45) is -4.12. The van der Waals surface area contributed by atoms with Crippen molar-refractivity contribution in [1.29, 1.82) is 0 Å². The molecular formula is C25H51N5O10. The normalized spacial score (nSPS) is 37.9. The summed E-state index contributed by atoms with van der Waals surface area (Å²) in [5.41, 5.74) is 15.2. The van der Waals surface area contributed by atoms with E-state index in [1.807, 2.05) is 6.08 Å². The van der Waals surface area contributed by atoms with E-state index < -0.39 is 66.9 Å². The van der Waals surface area contributed by atoms with E-state index >= 15 is 0 Å². The molecule has 0 aromatic carbocycles. The van der Waals surface area contributed by atoms with Gasteiger partial charge in [0.25, 0.3) is 0 Å². The first kappa shape index (κ1) is 35.2. The van der Waals surface area contributed by atoms with Crippen molar-refractivity contribution in [3.8, 4) is 0 Å². The van der Waals surface area contributed by atoms with Crippen molar-refractivity contribution in [3.05, 3.63) is 11.8 Å². The van der Waals surface area contributed by atoms with E-state index in [9.17, 15) is 25.5 Å². The quantitative estimate of drug-likeness (QED) is 0.0979. The third kappa shape index (κ3) is 10.7. The lowest BCUT2D eigenvalue weighted by Gasteiger charge is -2.47. The first-order valence-electron chi connectivity index (χ1n) is 13.8. The second-order valence-corrected chi connectivity index (χ2v) is 10.7. The molecule has 1 aliphatic carbocycles. The fourth-order valence-electron chi connectivity index (χ4n) is 4.90. The van der Waals surface area contributed by atoms with Gasteiger partial charge in [0, 0.05) is 44.6 Å². The van der Waals surface area contributed by atoms with E-state index in [2.05, 4.69) is 16.4 Å². The third-order valence-corrected chi connectivity index (χ3v) is 6.97. The summed E-state index contributed by atoms with van der Waals surface area (Å²) in [7, 11) is 1.50. The number of aliphatic hydroxyl groups excluding tert-OH is 5. The maximum absolute atomic E-state index is 11.4. The Morgan fingerprint density at radius 1 is 1.15 bits per heavy atom. The molecule has 1 saturated carbocycles. The molecule has 0 aromatic rings. The Hall–Kier alpha value is -1.02. The highest BCUT2D eigenvalue weighted by atomic mass is 16.7. The lowest BCUT2D eigenvalue weighted by atomic mass is 9.83. The Kier molecular flexibility index (Phi) is 15.1. The summed E-state index contributed by atoms with van der Waals surface area (Å²) in [4.78, 5) is 0. The molecule has 7 unspecified atom stereocenters. The van der Waals surface area contributed by atoms with Gasteiger partial charge in [-0.3, -0.25) is 0 Å². The van der Waals surface area contributed by atoms with Gasteiger partial charge in [-0.15, -0.1) is 0 Å². The second-order valence-electron chi connectivity index (χ2n) is 10.7. The summed E-state index contributed by atoms with van der Waals surface area (Å²) in [6, 6.07) is -1.12. The highest BCUT2D eigenvalue weighted by Gasteiger charge is 2.48. The average molecular weight is 582 g/mol. The van der Waals surface area contributed by atoms with Crippen LogP contribution >= 0.6 is 0 Å². The van der Waals surface area contributed by atoms with Gasteiger partial charge in [0.15, 0.2) is 12.6 Å². The van der Waals surface area contributed by atoms with Crippen LogP contribution in [0.25, 0.3) is 0 Å². The second kappa shape index (κ2) is 17.2. The highest BCUT2D eigenvalue weighted by Crippen LogP contribution is 2.31. The summed E-state index contributed by atoms with van der Waals surface area (Å²) < 4.78 is 23.7. The van der Waals surface area contributed by atoms with Crippen LogP contribution in [0, 0.1) is 0 Å². The van der Waals surface area contributed by atoms with Gasteiger partial charge < -0.3 is 77.4 Å². The minimum absolute atomic E-state index is 0.0400. The molecule has 0 aromatic heterocycles. The minimum atomic E-state index is -1.24. The first-order valence-corrected chi connectivity index (χ1v) is 13.8. The fraction of sp³-hybridized carbons (Fsp3) is 0.920. The molecule has 15 nitrogen and oxygen atoms in total. The summed E-state index contributed by atoms with van der Waals surface area (Å²) >= 11 is 0. The Balaban J connectivity index is 0.00000274. The predicted octanol–water partition coefficient (Wildman–Crippen LogP) is -4.48. The molecule has 40 heavy (non-hydrogen) atoms. The zero-order chi connectivity index (χ0) is 29.9. The Bertz CT molecular complexity index is 751. The van der Waals surface area contributed by atoms with Crippen LogP contribution in [0.2, 0.25) is 0 Å². The van der Waals surface area contributed by atoms with Crippen molar-refractivity contribution in [2.24, 2.45) is 17.2 Å². The molecule has 3 aliphatic rings. The van der Waals surface area contributed by atoms with Crippen molar-refractivity contribution in [2.45, 2.75) is 99.5 Å². The van der Waals surface area contributed by atoms with Crippen LogP contribution in [-0.4, -0.2) is 144 Å². The van der Waals surface area contributed by atoms with E-state index in [-0.39, 0.29) is 39.3 Å². The van der Waals surface area contributed by atoms with Gasteiger partial charge in [0.1, 0.15) is 30.2 Å². The van der Waals surface area contributed by atoms with E-state index in [0.29, 0.717) is 31.6 Å². The van der Waals surface area contributed by atoms with Crippen molar-refractivity contribution in [2.75, 3.05) is 46.4 Å². The molecule has 15 heteroatoms. The van der Waals surface area contributed by atoms with Crippen LogP contribution in [-0.2, 0) is 18.9 Å². The molecule has 0 radical (unpaired) electrons. The number of ether oxygens (including phenoxy) is 4. The first-order chi connectivity index (χ1) is 19.0. The van der Waals surface area contributed by atoms with Gasteiger partial charge in [0.2, 0.25) is 0 Å². The van der Waals surface area contributed by atoms with Gasteiger partial charge in [-0.2, -0.15) is 0 Å². The van der Waals surface area contributed by atoms with Crippen molar-refractivity contribution >= 4 is 0 Å². The van der Waals surface area contributed by atoms with Crippen molar-refractivity contribution in [3.63, 3.8) is 0 Å². The predicted molar refractivity (Wildman–Crippen MR) is 144 cm³/mol. The molecule has 236 valence electrons. The summed E-state index contributed by atoms with van der Waals surface area (Å²) in [5.74, 6) is 0.610. The zero-order valence-corrected chi connectivity index (χ0v) is 23.5. The Labute approximate surface area is 235 Å². The maximum Gasteiger partial charge on any atom is 0.200 e. The van der Waals surface area contributed by atoms with Crippen LogP contribution in [0.15, 0.2) is 11.8 Å². The number of nitrogens with one attached hydrogen (secondary N) is 2. The number of hydrogen-bond donors (Lipinski definition) is 11. The van der Waals surface area contributed by atoms with Crippen LogP contribution < -0.4 is 27.8 Å². The van der Waals surface area contributed by atoms with E-state index in [1.165, 1.54) is 7.05 Å². The van der Waals surface area contributed by atoms with Gasteiger partial charge in [-0.25, -0.2) is 0 Å². The van der Waals surface area contributed by atoms with Crippen molar-refractivity contribution in [1.82, 2.24) is 10.6 Å². The summed E-state index contributed by atoms with van der Waals surface area (Å²) in [6.45, 7) is 1.89. The molecule has 14 N–H and O–H groups in total. The molecular weight excluding hydrogens is 530 g/mol. The maximum atomic E-state index is 11.4. The molecule has 2 aliphatic heterocycles. The molecule has 1 saturated heterocycles. The number of allylic oxidation sites excluding steroid dienone is 1. The third-order valence-electron chi connectivity index (χ3n) is 6.97. The largest absolute Gasteiger partial charge is 0.468 e. The van der Waals surface area contributed by atoms with E-state index in [4.69, 9.17) is 35.5 Å². The molecule has 2 heterocycles. The van der Waals surface area contributed by atoms with Gasteiger partial charge in [-0.1, -0.05) is 0 Å². The number of nitrogens with two attached hydrogens (primary N) is 3. The number of aliphatic hydroxyl groups is 6. The lowest BCUT2D eigenvalue weighted by molar-refractivity contribution is -0.297. The standard InChI is InChI=1S/C24H46N4O10.CH5N/c1-24(34)6-18(32)23(35-12-24)38-22-17(28-9-13(30)7-25)5-16(26)21(20(22)33)37-19-4-2-3-15(36-19)10-27-8-14(31)11-29;1-2/h3,13-14,16-23,27-34H,2,4-12,25-26H2,1H3;2H2,1H3/t13?,14?,16?,17?,18?,19-,20?,21-,22+,23?,24-;/m1./s1. The SMILES string of the molecule is CN.C[C@]1(O)COC(O[C@H]2C(NCC(O)CN)CC(N)[C@@H](O[C@@H]3CCC=C(CNCC(O)CO)O3)C2O)C(O)C1. The van der Waals surface area contributed by atoms with Crippen LogP contribution in [0.1, 0.15) is 32.6 Å². The molecule has 0 spiro atoms. The Morgan fingerprint density at radius 3 is 2.52 bits per heavy atom. The van der Waals surface area contributed by atoms with Crippen LogP contribution in [0.5, 0.6) is 0 Å². The lowest BCUT2D eigenvalue weighted by Crippen LogP contribution is -2.66. The number of hydrogen-bond acceptors (Lipinski definition) is 15. The molecule has 3 rings (SSSR count). The molecule has 0 amide bonds. The monoisotopic (exact) mass is 581 g/mol. The highest BCUT2D eigenvalue weighted by molar-refractivity contribution is 5.03. The molecule has 0 bridgehead atoms. The van der Waals surface area contributed by atoms with Gasteiger partial charge in [-0.05, 0) is 32.9 Å². The fourth-order valence-corrected chi connectivity index (χ4v) is 4.90. The van der Waals surface area contributed by atoms with Crippen LogP contribution in [0.3, 0.4) is 0 Å². The smallest absolute Gasteiger partial charge is 0.200 e. The van der Waals surface area contributed by atoms with E-state index in [0.717, 1.165) is 0 Å². The average Bonchev–Trinajstić information content (AvgIpc) is 2.93. The van der Waals surface area contributed by atoms with Crippen LogP contribution in [0.4, 0.5) is 0 Å². The van der Waals surface area contributed by atoms with Crippen molar-refractivity contribution < 1.29 is 49.6 Å². The van der Waals surface area contributed by atoms with E-state index in [1.54, 1.807) is 6.92 Å². The Morgan fingerprint density at radius 2 is 1.88 bits per heavy atom. The zero-order valence-electron chi connectivity index (χ0n) is 23.5. The van der Waals surface area contributed by atoms with Gasteiger partial charge >= 0.3 is 0 Å². The topological polar surface area (TPSA) is 260 Å². The van der Waals surface area contributed by atoms with Gasteiger partial charge in [0.05, 0.1) is 37.6 Å². The summed E-state index contributed by atoms with van der Waals surface area (Å²) in [5, 5.41) is 66.6. The molecule has 11 atom stereocenters. The minimum Gasteiger partial charge on any atom is -0.468 e.